The Labute approximate surface area is 106 Å². The van der Waals surface area contributed by atoms with Crippen LogP contribution in [-0.2, 0) is 7.05 Å². The van der Waals surface area contributed by atoms with Gasteiger partial charge in [0.05, 0.1) is 12.0 Å². The largest absolute Gasteiger partial charge is 0.467 e. The molecule has 0 saturated carbocycles. The van der Waals surface area contributed by atoms with Crippen LogP contribution in [0.3, 0.4) is 0 Å². The molecule has 0 atom stereocenters. The van der Waals surface area contributed by atoms with Crippen LogP contribution in [0.4, 0.5) is 5.69 Å². The lowest BCUT2D eigenvalue weighted by Gasteiger charge is -2.02. The van der Waals surface area contributed by atoms with Crippen LogP contribution < -0.4 is 4.74 Å². The topological polar surface area (TPSA) is 96.0 Å². The number of nitro groups is 1. The van der Waals surface area contributed by atoms with E-state index in [4.69, 9.17) is 4.74 Å². The maximum Gasteiger partial charge on any atom is 0.317 e. The van der Waals surface area contributed by atoms with E-state index >= 15 is 0 Å². The molecule has 0 radical (unpaired) electrons. The molecule has 0 aromatic carbocycles. The number of rotatable bonds is 4. The van der Waals surface area contributed by atoms with E-state index in [1.54, 1.807) is 11.6 Å². The van der Waals surface area contributed by atoms with Crippen LogP contribution in [0.1, 0.15) is 0 Å². The molecule has 2 rings (SSSR count). The van der Waals surface area contributed by atoms with Crippen LogP contribution >= 0.6 is 11.8 Å². The Hall–Kier alpha value is -2.16. The normalized spacial score (nSPS) is 10.3. The molecule has 0 spiro atoms. The van der Waals surface area contributed by atoms with Crippen molar-refractivity contribution in [2.75, 3.05) is 7.11 Å². The lowest BCUT2D eigenvalue weighted by molar-refractivity contribution is -0.388. The Kier molecular flexibility index (Phi) is 3.42. The highest BCUT2D eigenvalue weighted by Crippen LogP contribution is 2.32. The first-order valence-corrected chi connectivity index (χ1v) is 5.65. The van der Waals surface area contributed by atoms with Gasteiger partial charge in [-0.1, -0.05) is 5.10 Å². The molecule has 8 nitrogen and oxygen atoms in total. The molecule has 2 heterocycles. The van der Waals surface area contributed by atoms with Crippen molar-refractivity contribution in [1.82, 2.24) is 19.7 Å². The zero-order valence-electron chi connectivity index (χ0n) is 9.60. The van der Waals surface area contributed by atoms with Crippen molar-refractivity contribution in [1.29, 1.82) is 0 Å². The third kappa shape index (κ3) is 2.25. The van der Waals surface area contributed by atoms with E-state index in [2.05, 4.69) is 15.2 Å². The molecule has 0 amide bonds. The summed E-state index contributed by atoms with van der Waals surface area (Å²) in [5, 5.41) is 19.2. The van der Waals surface area contributed by atoms with Gasteiger partial charge in [0.2, 0.25) is 0 Å². The second-order valence-corrected chi connectivity index (χ2v) is 4.17. The van der Waals surface area contributed by atoms with Gasteiger partial charge in [-0.15, -0.1) is 5.10 Å². The average molecular weight is 267 g/mol. The molecule has 2 aromatic rings. The van der Waals surface area contributed by atoms with Crippen molar-refractivity contribution in [3.8, 4) is 6.01 Å². The van der Waals surface area contributed by atoms with Crippen molar-refractivity contribution < 1.29 is 9.66 Å². The smallest absolute Gasteiger partial charge is 0.317 e. The maximum atomic E-state index is 10.8. The summed E-state index contributed by atoms with van der Waals surface area (Å²) in [5.74, 6) is 0. The number of hydrogen-bond acceptors (Lipinski definition) is 7. The number of methoxy groups -OCH3 is 1. The van der Waals surface area contributed by atoms with E-state index in [1.165, 1.54) is 25.4 Å². The molecule has 0 saturated heterocycles. The monoisotopic (exact) mass is 267 g/mol. The van der Waals surface area contributed by atoms with Crippen LogP contribution in [0.5, 0.6) is 6.01 Å². The summed E-state index contributed by atoms with van der Waals surface area (Å²) in [6, 6.07) is 3.23. The van der Waals surface area contributed by atoms with Gasteiger partial charge in [-0.05, 0) is 17.8 Å². The summed E-state index contributed by atoms with van der Waals surface area (Å²) in [6.45, 7) is 0. The molecule has 18 heavy (non-hydrogen) atoms. The highest BCUT2D eigenvalue weighted by Gasteiger charge is 2.19. The zero-order chi connectivity index (χ0) is 13.1. The number of pyridine rings is 1. The van der Waals surface area contributed by atoms with Crippen LogP contribution in [0.15, 0.2) is 28.5 Å². The number of nitrogens with zero attached hydrogens (tertiary/aromatic N) is 5. The summed E-state index contributed by atoms with van der Waals surface area (Å²) >= 11 is 1.06. The molecular formula is C9H9N5O3S. The number of hydrogen-bond donors (Lipinski definition) is 0. The van der Waals surface area contributed by atoms with E-state index in [0.717, 1.165) is 11.8 Å². The molecule has 0 fully saturated rings. The standard InChI is InChI=1S/C9H9N5O3S/c1-13-8(17-2)11-12-9(13)18-7-6(14(15)16)4-3-5-10-7/h3-5H,1-2H3. The average Bonchev–Trinajstić information content (AvgIpc) is 2.71. The van der Waals surface area contributed by atoms with E-state index in [9.17, 15) is 10.1 Å². The van der Waals surface area contributed by atoms with Crippen molar-refractivity contribution >= 4 is 17.4 Å². The molecule has 9 heteroatoms. The van der Waals surface area contributed by atoms with Crippen molar-refractivity contribution in [3.05, 3.63) is 28.4 Å². The summed E-state index contributed by atoms with van der Waals surface area (Å²) in [7, 11) is 3.18. The SMILES string of the molecule is COc1nnc(Sc2ncccc2[N+](=O)[O-])n1C. The Balaban J connectivity index is 2.34. The minimum absolute atomic E-state index is 0.0653. The Morgan fingerprint density at radius 3 is 2.89 bits per heavy atom. The summed E-state index contributed by atoms with van der Waals surface area (Å²) in [4.78, 5) is 14.3. The lowest BCUT2D eigenvalue weighted by Crippen LogP contribution is -1.97. The van der Waals surface area contributed by atoms with Crippen LogP contribution in [0.2, 0.25) is 0 Å². The van der Waals surface area contributed by atoms with Gasteiger partial charge in [0.1, 0.15) is 0 Å². The number of aromatic nitrogens is 4. The molecule has 94 valence electrons. The zero-order valence-corrected chi connectivity index (χ0v) is 10.4. The fraction of sp³-hybridized carbons (Fsp3) is 0.222. The van der Waals surface area contributed by atoms with Gasteiger partial charge in [-0.3, -0.25) is 14.7 Å². The van der Waals surface area contributed by atoms with E-state index in [-0.39, 0.29) is 10.7 Å². The van der Waals surface area contributed by atoms with Gasteiger partial charge in [-0.25, -0.2) is 4.98 Å². The van der Waals surface area contributed by atoms with Gasteiger partial charge in [-0.2, -0.15) is 0 Å². The quantitative estimate of drug-likeness (QED) is 0.608. The van der Waals surface area contributed by atoms with Gasteiger partial charge in [0.15, 0.2) is 10.2 Å². The predicted octanol–water partition coefficient (Wildman–Crippen LogP) is 1.28. The molecule has 0 aliphatic heterocycles. The van der Waals surface area contributed by atoms with E-state index in [0.29, 0.717) is 11.2 Å². The highest BCUT2D eigenvalue weighted by molar-refractivity contribution is 7.99. The minimum Gasteiger partial charge on any atom is -0.467 e. The van der Waals surface area contributed by atoms with Crippen LogP contribution in [0, 0.1) is 10.1 Å². The predicted molar refractivity (Wildman–Crippen MR) is 62.6 cm³/mol. The maximum absolute atomic E-state index is 10.8. The molecular weight excluding hydrogens is 258 g/mol. The fourth-order valence-corrected chi connectivity index (χ4v) is 2.08. The van der Waals surface area contributed by atoms with Gasteiger partial charge >= 0.3 is 11.7 Å². The van der Waals surface area contributed by atoms with E-state index < -0.39 is 4.92 Å². The Morgan fingerprint density at radius 1 is 1.50 bits per heavy atom. The van der Waals surface area contributed by atoms with Gasteiger partial charge in [0, 0.05) is 19.3 Å². The van der Waals surface area contributed by atoms with Gasteiger partial charge < -0.3 is 4.74 Å². The molecule has 0 unspecified atom stereocenters. The second kappa shape index (κ2) is 5.00. The second-order valence-electron chi connectivity index (χ2n) is 3.22. The minimum atomic E-state index is -0.483. The van der Waals surface area contributed by atoms with Crippen LogP contribution in [0.25, 0.3) is 0 Å². The molecule has 0 bridgehead atoms. The molecule has 0 N–H and O–H groups in total. The third-order valence-corrected chi connectivity index (χ3v) is 3.16. The van der Waals surface area contributed by atoms with Gasteiger partial charge in [0.25, 0.3) is 0 Å². The summed E-state index contributed by atoms with van der Waals surface area (Å²) in [5.41, 5.74) is -0.0653. The van der Waals surface area contributed by atoms with Crippen molar-refractivity contribution in [2.45, 2.75) is 10.2 Å². The van der Waals surface area contributed by atoms with E-state index in [1.807, 2.05) is 0 Å². The van der Waals surface area contributed by atoms with Crippen LogP contribution in [-0.4, -0.2) is 31.8 Å². The third-order valence-electron chi connectivity index (χ3n) is 2.11. The number of ether oxygens (including phenoxy) is 1. The first-order valence-electron chi connectivity index (χ1n) is 4.84. The Morgan fingerprint density at radius 2 is 2.28 bits per heavy atom. The first-order chi connectivity index (χ1) is 8.63. The Bertz CT molecular complexity index is 585. The lowest BCUT2D eigenvalue weighted by atomic mass is 10.4. The molecule has 2 aromatic heterocycles. The summed E-state index contributed by atoms with van der Waals surface area (Å²) in [6.07, 6.45) is 1.49. The highest BCUT2D eigenvalue weighted by atomic mass is 32.2. The van der Waals surface area contributed by atoms with Crippen molar-refractivity contribution in [3.63, 3.8) is 0 Å². The molecule has 0 aliphatic carbocycles. The fourth-order valence-electron chi connectivity index (χ4n) is 1.25. The van der Waals surface area contributed by atoms with Crippen molar-refractivity contribution in [2.24, 2.45) is 7.05 Å². The molecule has 0 aliphatic rings. The summed E-state index contributed by atoms with van der Waals surface area (Å²) < 4.78 is 6.55. The first kappa shape index (κ1) is 12.3.